The highest BCUT2D eigenvalue weighted by atomic mass is 35.5. The van der Waals surface area contributed by atoms with Crippen LogP contribution in [0.3, 0.4) is 0 Å². The lowest BCUT2D eigenvalue weighted by Crippen LogP contribution is -2.39. The Hall–Kier alpha value is -2.12. The number of carbonyl (C=O) groups excluding carboxylic acids is 2. The molecule has 0 bridgehead atoms. The van der Waals surface area contributed by atoms with Crippen molar-refractivity contribution in [3.05, 3.63) is 39.9 Å². The predicted octanol–water partition coefficient (Wildman–Crippen LogP) is 3.17. The van der Waals surface area contributed by atoms with Crippen LogP contribution in [0.5, 0.6) is 0 Å². The number of carbonyl (C=O) groups is 2. The lowest BCUT2D eigenvalue weighted by molar-refractivity contribution is -0.116. The average Bonchev–Trinajstić information content (AvgIpc) is 3.23. The Morgan fingerprint density at radius 2 is 2.17 bits per heavy atom. The standard InChI is InChI=1S/C16H15ClN4O2S/c1-8(22)21(9-5-6-9)16-19-12(7-24-16)14-18-11-4-2-3-10(17)13(11)15(23)20-14/h2-4,7,9,14,18H,5-6H2,1H3,(H,20,23). The van der Waals surface area contributed by atoms with Crippen LogP contribution in [0, 0.1) is 0 Å². The molecule has 124 valence electrons. The van der Waals surface area contributed by atoms with Gasteiger partial charge in [-0.2, -0.15) is 0 Å². The Kier molecular flexibility index (Phi) is 3.69. The number of nitrogens with one attached hydrogen (secondary N) is 2. The van der Waals surface area contributed by atoms with E-state index in [-0.39, 0.29) is 17.9 Å². The Labute approximate surface area is 147 Å². The number of hydrogen-bond donors (Lipinski definition) is 2. The molecule has 2 aromatic rings. The summed E-state index contributed by atoms with van der Waals surface area (Å²) in [4.78, 5) is 30.5. The number of hydrogen-bond acceptors (Lipinski definition) is 5. The molecule has 0 radical (unpaired) electrons. The van der Waals surface area contributed by atoms with E-state index in [0.29, 0.717) is 27.1 Å². The second-order valence-electron chi connectivity index (χ2n) is 5.89. The Morgan fingerprint density at radius 3 is 2.88 bits per heavy atom. The molecule has 2 N–H and O–H groups in total. The SMILES string of the molecule is CC(=O)N(c1nc(C2NC(=O)c3c(Cl)cccc3N2)cs1)C1CC1. The van der Waals surface area contributed by atoms with Crippen LogP contribution in [0.25, 0.3) is 0 Å². The van der Waals surface area contributed by atoms with Crippen molar-refractivity contribution in [1.82, 2.24) is 10.3 Å². The van der Waals surface area contributed by atoms with Gasteiger partial charge in [0, 0.05) is 18.3 Å². The van der Waals surface area contributed by atoms with Crippen LogP contribution in [0.4, 0.5) is 10.8 Å². The molecular weight excluding hydrogens is 348 g/mol. The molecule has 8 heteroatoms. The average molecular weight is 363 g/mol. The van der Waals surface area contributed by atoms with E-state index in [2.05, 4.69) is 15.6 Å². The number of fused-ring (bicyclic) bond motifs is 1. The first-order valence-electron chi connectivity index (χ1n) is 7.65. The first-order valence-corrected chi connectivity index (χ1v) is 8.91. The number of amides is 2. The van der Waals surface area contributed by atoms with Gasteiger partial charge in [0.25, 0.3) is 5.91 Å². The third-order valence-corrected chi connectivity index (χ3v) is 5.25. The Morgan fingerprint density at radius 1 is 1.38 bits per heavy atom. The fourth-order valence-corrected chi connectivity index (χ4v) is 4.04. The number of benzene rings is 1. The molecule has 24 heavy (non-hydrogen) atoms. The number of halogens is 1. The molecule has 2 aliphatic rings. The maximum atomic E-state index is 12.3. The van der Waals surface area contributed by atoms with E-state index in [0.717, 1.165) is 12.8 Å². The van der Waals surface area contributed by atoms with Gasteiger partial charge in [-0.15, -0.1) is 11.3 Å². The van der Waals surface area contributed by atoms with Gasteiger partial charge in [0.1, 0.15) is 6.17 Å². The lowest BCUT2D eigenvalue weighted by atomic mass is 10.1. The van der Waals surface area contributed by atoms with Gasteiger partial charge >= 0.3 is 0 Å². The van der Waals surface area contributed by atoms with Crippen molar-refractivity contribution in [3.63, 3.8) is 0 Å². The minimum Gasteiger partial charge on any atom is -0.360 e. The quantitative estimate of drug-likeness (QED) is 0.879. The second-order valence-corrected chi connectivity index (χ2v) is 7.13. The molecule has 1 fully saturated rings. The number of aromatic nitrogens is 1. The van der Waals surface area contributed by atoms with Crippen molar-refractivity contribution < 1.29 is 9.59 Å². The maximum absolute atomic E-state index is 12.3. The zero-order valence-corrected chi connectivity index (χ0v) is 14.4. The van der Waals surface area contributed by atoms with E-state index in [1.54, 1.807) is 24.0 Å². The van der Waals surface area contributed by atoms with Gasteiger partial charge in [-0.05, 0) is 25.0 Å². The number of nitrogens with zero attached hydrogens (tertiary/aromatic N) is 2. The molecule has 0 saturated heterocycles. The monoisotopic (exact) mass is 362 g/mol. The van der Waals surface area contributed by atoms with E-state index < -0.39 is 6.17 Å². The molecular formula is C16H15ClN4O2S. The van der Waals surface area contributed by atoms with Crippen molar-refractivity contribution in [1.29, 1.82) is 0 Å². The van der Waals surface area contributed by atoms with Gasteiger partial charge in [0.05, 0.1) is 22.0 Å². The Balaban J connectivity index is 1.62. The van der Waals surface area contributed by atoms with Gasteiger partial charge in [-0.3, -0.25) is 14.5 Å². The molecule has 1 aliphatic carbocycles. The summed E-state index contributed by atoms with van der Waals surface area (Å²) in [5.74, 6) is -0.240. The zero-order chi connectivity index (χ0) is 16.8. The third kappa shape index (κ3) is 2.63. The zero-order valence-electron chi connectivity index (χ0n) is 12.9. The highest BCUT2D eigenvalue weighted by molar-refractivity contribution is 7.14. The highest BCUT2D eigenvalue weighted by Crippen LogP contribution is 2.36. The molecule has 1 aromatic carbocycles. The van der Waals surface area contributed by atoms with Crippen molar-refractivity contribution in [2.24, 2.45) is 0 Å². The van der Waals surface area contributed by atoms with Crippen LogP contribution in [0.2, 0.25) is 5.02 Å². The summed E-state index contributed by atoms with van der Waals surface area (Å²) in [6.45, 7) is 1.55. The van der Waals surface area contributed by atoms with E-state index in [4.69, 9.17) is 11.6 Å². The highest BCUT2D eigenvalue weighted by Gasteiger charge is 2.35. The molecule has 1 saturated carbocycles. The molecule has 1 atom stereocenters. The van der Waals surface area contributed by atoms with E-state index >= 15 is 0 Å². The summed E-state index contributed by atoms with van der Waals surface area (Å²) in [5.41, 5.74) is 1.80. The minimum atomic E-state index is -0.443. The fourth-order valence-electron chi connectivity index (χ4n) is 2.82. The van der Waals surface area contributed by atoms with Crippen molar-refractivity contribution in [3.8, 4) is 0 Å². The summed E-state index contributed by atoms with van der Waals surface area (Å²) in [6.07, 6.45) is 1.58. The van der Waals surface area contributed by atoms with Crippen LogP contribution in [0.1, 0.15) is 42.0 Å². The van der Waals surface area contributed by atoms with Crippen molar-refractivity contribution in [2.75, 3.05) is 10.2 Å². The first-order chi connectivity index (χ1) is 11.5. The van der Waals surface area contributed by atoms with Crippen LogP contribution in [0.15, 0.2) is 23.6 Å². The van der Waals surface area contributed by atoms with Crippen molar-refractivity contribution >= 4 is 45.6 Å². The summed E-state index contributed by atoms with van der Waals surface area (Å²) in [7, 11) is 0. The van der Waals surface area contributed by atoms with Crippen LogP contribution >= 0.6 is 22.9 Å². The molecule has 6 nitrogen and oxygen atoms in total. The molecule has 2 amide bonds. The normalized spacial score (nSPS) is 19.2. The van der Waals surface area contributed by atoms with E-state index in [9.17, 15) is 9.59 Å². The molecule has 2 heterocycles. The van der Waals surface area contributed by atoms with Gasteiger partial charge in [-0.1, -0.05) is 17.7 Å². The van der Waals surface area contributed by atoms with Crippen molar-refractivity contribution in [2.45, 2.75) is 32.0 Å². The summed E-state index contributed by atoms with van der Waals surface area (Å²) in [5, 5.41) is 9.04. The maximum Gasteiger partial charge on any atom is 0.256 e. The summed E-state index contributed by atoms with van der Waals surface area (Å²) in [6, 6.07) is 5.55. The number of thiazole rings is 1. The number of anilines is 2. The third-order valence-electron chi connectivity index (χ3n) is 4.08. The summed E-state index contributed by atoms with van der Waals surface area (Å²) >= 11 is 7.50. The topological polar surface area (TPSA) is 74.3 Å². The number of rotatable bonds is 3. The lowest BCUT2D eigenvalue weighted by Gasteiger charge is -2.27. The van der Waals surface area contributed by atoms with E-state index in [1.807, 2.05) is 11.4 Å². The van der Waals surface area contributed by atoms with Gasteiger partial charge < -0.3 is 10.6 Å². The molecule has 1 unspecified atom stereocenters. The second kappa shape index (κ2) is 5.75. The molecule has 1 aliphatic heterocycles. The van der Waals surface area contributed by atoms with Crippen LogP contribution < -0.4 is 15.5 Å². The largest absolute Gasteiger partial charge is 0.360 e. The van der Waals surface area contributed by atoms with Gasteiger partial charge in [0.15, 0.2) is 5.13 Å². The molecule has 4 rings (SSSR count). The van der Waals surface area contributed by atoms with Gasteiger partial charge in [-0.25, -0.2) is 4.98 Å². The predicted molar refractivity (Wildman–Crippen MR) is 93.6 cm³/mol. The Bertz CT molecular complexity index is 833. The fraction of sp³-hybridized carbons (Fsp3) is 0.312. The molecule has 1 aromatic heterocycles. The molecule has 0 spiro atoms. The van der Waals surface area contributed by atoms with E-state index in [1.165, 1.54) is 11.3 Å². The van der Waals surface area contributed by atoms with Crippen LogP contribution in [-0.4, -0.2) is 22.8 Å². The first kappa shape index (κ1) is 15.4. The van der Waals surface area contributed by atoms with Crippen LogP contribution in [-0.2, 0) is 4.79 Å². The summed E-state index contributed by atoms with van der Waals surface area (Å²) < 4.78 is 0. The van der Waals surface area contributed by atoms with Gasteiger partial charge in [0.2, 0.25) is 5.91 Å². The minimum absolute atomic E-state index is 0.00355. The smallest absolute Gasteiger partial charge is 0.256 e.